The Hall–Kier alpha value is -3.73. The molecule has 0 heterocycles. The molecule has 3 rings (SSSR count). The van der Waals surface area contributed by atoms with Gasteiger partial charge in [0.25, 0.3) is 0 Å². The van der Waals surface area contributed by atoms with Crippen LogP contribution in [-0.2, 0) is 19.8 Å². The van der Waals surface area contributed by atoms with Crippen LogP contribution in [0.5, 0.6) is 11.5 Å². The highest BCUT2D eigenvalue weighted by Crippen LogP contribution is 2.33. The fraction of sp³-hybridized carbons (Fsp3) is 0.250. The van der Waals surface area contributed by atoms with Crippen LogP contribution < -0.4 is 9.47 Å². The number of esters is 1. The number of ether oxygens (including phenoxy) is 2. The van der Waals surface area contributed by atoms with Crippen LogP contribution in [-0.4, -0.2) is 24.6 Å². The van der Waals surface area contributed by atoms with Gasteiger partial charge in [0, 0.05) is 12.3 Å². The van der Waals surface area contributed by atoms with E-state index in [1.165, 1.54) is 20.8 Å². The quantitative estimate of drug-likeness (QED) is 0.280. The number of hydrogen-bond donors (Lipinski definition) is 0. The lowest BCUT2D eigenvalue weighted by atomic mass is 9.78. The Balaban J connectivity index is 0.000000450. The monoisotopic (exact) mass is 448 g/mol. The largest absolute Gasteiger partial charge is 0.497 e. The van der Waals surface area contributed by atoms with Gasteiger partial charge in [0.05, 0.1) is 7.11 Å². The molecule has 0 aromatic heterocycles. The first-order valence-corrected chi connectivity index (χ1v) is 10.5. The minimum absolute atomic E-state index is 0.167. The molecule has 174 valence electrons. The van der Waals surface area contributed by atoms with Gasteiger partial charge in [0.1, 0.15) is 17.3 Å². The van der Waals surface area contributed by atoms with Gasteiger partial charge in [-0.15, -0.1) is 0 Å². The number of methoxy groups -OCH3 is 1. The number of carbonyl (C=O) groups excluding carboxylic acids is 3. The fourth-order valence-electron chi connectivity index (χ4n) is 2.68. The molecular formula is C28H32O5. The van der Waals surface area contributed by atoms with Gasteiger partial charge in [-0.05, 0) is 49.2 Å². The average molecular weight is 449 g/mol. The van der Waals surface area contributed by atoms with Crippen LogP contribution in [0, 0.1) is 0 Å². The SMILES string of the molecule is CC(C)=O.COc1ccc(C(C)(C)c2ccc(OC(=O)C(C)=O)cc2)cc1.c1ccccc1. The van der Waals surface area contributed by atoms with E-state index in [2.05, 4.69) is 13.8 Å². The zero-order chi connectivity index (χ0) is 24.9. The zero-order valence-corrected chi connectivity index (χ0v) is 20.1. The Bertz CT molecular complexity index is 974. The zero-order valence-electron chi connectivity index (χ0n) is 20.1. The molecule has 0 aliphatic rings. The molecule has 5 nitrogen and oxygen atoms in total. The number of rotatable bonds is 5. The number of hydrogen-bond acceptors (Lipinski definition) is 5. The first-order chi connectivity index (χ1) is 15.6. The van der Waals surface area contributed by atoms with Crippen LogP contribution >= 0.6 is 0 Å². The summed E-state index contributed by atoms with van der Waals surface area (Å²) in [5, 5.41) is 0. The molecule has 0 saturated carbocycles. The number of ketones is 2. The van der Waals surface area contributed by atoms with Crippen molar-refractivity contribution in [1.29, 1.82) is 0 Å². The van der Waals surface area contributed by atoms with E-state index in [1.807, 2.05) is 72.8 Å². The molecule has 0 spiro atoms. The lowest BCUT2D eigenvalue weighted by Crippen LogP contribution is -2.19. The molecule has 0 aliphatic carbocycles. The molecule has 0 aliphatic heterocycles. The predicted molar refractivity (Wildman–Crippen MR) is 131 cm³/mol. The van der Waals surface area contributed by atoms with Crippen molar-refractivity contribution in [1.82, 2.24) is 0 Å². The van der Waals surface area contributed by atoms with Crippen molar-refractivity contribution < 1.29 is 23.9 Å². The van der Waals surface area contributed by atoms with Gasteiger partial charge >= 0.3 is 5.97 Å². The summed E-state index contributed by atoms with van der Waals surface area (Å²) in [5.74, 6) is -0.129. The molecule has 0 bridgehead atoms. The summed E-state index contributed by atoms with van der Waals surface area (Å²) in [7, 11) is 1.64. The Labute approximate surface area is 196 Å². The molecule has 33 heavy (non-hydrogen) atoms. The van der Waals surface area contributed by atoms with E-state index in [-0.39, 0.29) is 11.2 Å². The van der Waals surface area contributed by atoms with Crippen molar-refractivity contribution in [2.24, 2.45) is 0 Å². The molecule has 0 unspecified atom stereocenters. The van der Waals surface area contributed by atoms with Crippen molar-refractivity contribution in [3.05, 3.63) is 96.1 Å². The third-order valence-electron chi connectivity index (χ3n) is 4.55. The van der Waals surface area contributed by atoms with E-state index < -0.39 is 11.8 Å². The highest BCUT2D eigenvalue weighted by atomic mass is 16.5. The molecule has 0 atom stereocenters. The Morgan fingerprint density at radius 3 is 1.27 bits per heavy atom. The smallest absolute Gasteiger partial charge is 0.379 e. The first kappa shape index (κ1) is 27.3. The summed E-state index contributed by atoms with van der Waals surface area (Å²) in [6.45, 7) is 8.47. The van der Waals surface area contributed by atoms with Gasteiger partial charge in [0.15, 0.2) is 0 Å². The summed E-state index contributed by atoms with van der Waals surface area (Å²) >= 11 is 0. The minimum Gasteiger partial charge on any atom is -0.497 e. The standard InChI is InChI=1S/C19H20O4.C6H6.C3H6O/c1-13(20)18(21)23-17-11-7-15(8-12-17)19(2,3)14-5-9-16(22-4)10-6-14;1-2-4-6-5-3-1;1-3(2)4/h5-12H,1-4H3;1-6H;1-2H3. The maximum Gasteiger partial charge on any atom is 0.379 e. The second-order valence-corrected chi connectivity index (χ2v) is 7.89. The van der Waals surface area contributed by atoms with Gasteiger partial charge in [-0.1, -0.05) is 74.5 Å². The average Bonchev–Trinajstić information content (AvgIpc) is 2.80. The molecule has 0 saturated heterocycles. The molecule has 0 radical (unpaired) electrons. The molecule has 3 aromatic rings. The van der Waals surface area contributed by atoms with Crippen molar-refractivity contribution in [3.63, 3.8) is 0 Å². The lowest BCUT2D eigenvalue weighted by molar-refractivity contribution is -0.146. The van der Waals surface area contributed by atoms with Gasteiger partial charge in [-0.2, -0.15) is 0 Å². The van der Waals surface area contributed by atoms with Gasteiger partial charge in [0.2, 0.25) is 5.78 Å². The third-order valence-corrected chi connectivity index (χ3v) is 4.55. The Morgan fingerprint density at radius 1 is 0.636 bits per heavy atom. The first-order valence-electron chi connectivity index (χ1n) is 10.5. The van der Waals surface area contributed by atoms with Crippen LogP contribution in [0.15, 0.2) is 84.9 Å². The van der Waals surface area contributed by atoms with E-state index in [4.69, 9.17) is 9.47 Å². The van der Waals surface area contributed by atoms with Crippen molar-refractivity contribution in [3.8, 4) is 11.5 Å². The lowest BCUT2D eigenvalue weighted by Gasteiger charge is -2.26. The van der Waals surface area contributed by atoms with Crippen LogP contribution in [0.2, 0.25) is 0 Å². The van der Waals surface area contributed by atoms with Gasteiger partial charge in [-0.25, -0.2) is 4.79 Å². The normalized spacial score (nSPS) is 9.88. The summed E-state index contributed by atoms with van der Waals surface area (Å²) in [6.07, 6.45) is 0. The molecule has 3 aromatic carbocycles. The van der Waals surface area contributed by atoms with E-state index >= 15 is 0 Å². The highest BCUT2D eigenvalue weighted by Gasteiger charge is 2.23. The molecule has 5 heteroatoms. The number of benzene rings is 3. The Morgan fingerprint density at radius 2 is 0.970 bits per heavy atom. The van der Waals surface area contributed by atoms with Crippen molar-refractivity contribution in [2.45, 2.75) is 40.0 Å². The van der Waals surface area contributed by atoms with Crippen LogP contribution in [0.1, 0.15) is 45.7 Å². The third kappa shape index (κ3) is 9.95. The highest BCUT2D eigenvalue weighted by molar-refractivity contribution is 6.33. The van der Waals surface area contributed by atoms with Crippen LogP contribution in [0.4, 0.5) is 0 Å². The second-order valence-electron chi connectivity index (χ2n) is 7.89. The maximum atomic E-state index is 11.3. The Kier molecular flexibility index (Phi) is 11.3. The number of Topliss-reactive ketones (excluding diaryl/α,β-unsaturated/α-hetero) is 2. The van der Waals surface area contributed by atoms with Gasteiger partial charge in [-0.3, -0.25) is 4.79 Å². The molecular weight excluding hydrogens is 416 g/mol. The van der Waals surface area contributed by atoms with Crippen LogP contribution in [0.25, 0.3) is 0 Å². The maximum absolute atomic E-state index is 11.3. The van der Waals surface area contributed by atoms with Crippen molar-refractivity contribution in [2.75, 3.05) is 7.11 Å². The van der Waals surface area contributed by atoms with E-state index in [1.54, 1.807) is 19.2 Å². The van der Waals surface area contributed by atoms with Gasteiger partial charge < -0.3 is 14.3 Å². The predicted octanol–water partition coefficient (Wildman–Crippen LogP) is 5.80. The summed E-state index contributed by atoms with van der Waals surface area (Å²) < 4.78 is 10.2. The number of carbonyl (C=O) groups is 3. The van der Waals surface area contributed by atoms with Crippen molar-refractivity contribution >= 4 is 17.5 Å². The molecule has 0 N–H and O–H groups in total. The summed E-state index contributed by atoms with van der Waals surface area (Å²) in [4.78, 5) is 31.7. The van der Waals surface area contributed by atoms with Crippen LogP contribution in [0.3, 0.4) is 0 Å². The molecule has 0 amide bonds. The minimum atomic E-state index is -0.854. The van der Waals surface area contributed by atoms with E-state index in [9.17, 15) is 14.4 Å². The van der Waals surface area contributed by atoms with E-state index in [0.717, 1.165) is 16.9 Å². The summed E-state index contributed by atoms with van der Waals surface area (Å²) in [6, 6.07) is 27.1. The second kappa shape index (κ2) is 13.6. The molecule has 0 fully saturated rings. The topological polar surface area (TPSA) is 69.7 Å². The van der Waals surface area contributed by atoms with E-state index in [0.29, 0.717) is 5.75 Å². The summed E-state index contributed by atoms with van der Waals surface area (Å²) in [5.41, 5.74) is 2.01. The fourth-order valence-corrected chi connectivity index (χ4v) is 2.68.